The number of halogens is 1. The van der Waals surface area contributed by atoms with E-state index in [1.54, 1.807) is 66.6 Å². The van der Waals surface area contributed by atoms with Crippen molar-refractivity contribution in [3.8, 4) is 0 Å². The molecule has 25 heavy (non-hydrogen) atoms. The van der Waals surface area contributed by atoms with Gasteiger partial charge in [0.05, 0.1) is 11.9 Å². The molecule has 0 radical (unpaired) electrons. The van der Waals surface area contributed by atoms with Gasteiger partial charge in [0.2, 0.25) is 0 Å². The molecule has 0 aliphatic heterocycles. The summed E-state index contributed by atoms with van der Waals surface area (Å²) in [6.07, 6.45) is 3.27. The zero-order valence-corrected chi connectivity index (χ0v) is 14.9. The molecule has 0 spiro atoms. The van der Waals surface area contributed by atoms with Gasteiger partial charge in [0.1, 0.15) is 0 Å². The third-order valence-corrected chi connectivity index (χ3v) is 3.93. The predicted octanol–water partition coefficient (Wildman–Crippen LogP) is 3.69. The van der Waals surface area contributed by atoms with E-state index in [0.717, 1.165) is 4.47 Å². The molecule has 2 N–H and O–H groups in total. The Bertz CT molecular complexity index is 936. The molecule has 0 fully saturated rings. The summed E-state index contributed by atoms with van der Waals surface area (Å²) >= 11 is 3.34. The van der Waals surface area contributed by atoms with E-state index in [2.05, 4.69) is 31.7 Å². The van der Waals surface area contributed by atoms with Gasteiger partial charge in [0, 0.05) is 34.5 Å². The van der Waals surface area contributed by atoms with E-state index < -0.39 is 0 Å². The molecule has 1 heterocycles. The topological polar surface area (TPSA) is 76.0 Å². The van der Waals surface area contributed by atoms with E-state index in [9.17, 15) is 9.59 Å². The second-order valence-corrected chi connectivity index (χ2v) is 6.32. The first-order chi connectivity index (χ1) is 12.0. The number of benzene rings is 2. The van der Waals surface area contributed by atoms with E-state index >= 15 is 0 Å². The normalized spacial score (nSPS) is 10.3. The maximum absolute atomic E-state index is 12.3. The molecule has 0 aliphatic carbocycles. The standard InChI is InChI=1S/C18H15BrN4O2/c1-23-11-16(10-20-23)22-18(25)13-5-3-7-15(9-13)21-17(24)12-4-2-6-14(19)8-12/h2-11H,1H3,(H,21,24)(H,22,25). The lowest BCUT2D eigenvalue weighted by atomic mass is 10.1. The second kappa shape index (κ2) is 7.31. The van der Waals surface area contributed by atoms with Crippen LogP contribution in [0.2, 0.25) is 0 Å². The van der Waals surface area contributed by atoms with E-state index in [0.29, 0.717) is 22.5 Å². The number of nitrogens with one attached hydrogen (secondary N) is 2. The monoisotopic (exact) mass is 398 g/mol. The summed E-state index contributed by atoms with van der Waals surface area (Å²) in [4.78, 5) is 24.6. The molecule has 6 nitrogen and oxygen atoms in total. The molecule has 0 unspecified atom stereocenters. The van der Waals surface area contributed by atoms with Gasteiger partial charge in [-0.05, 0) is 36.4 Å². The number of rotatable bonds is 4. The largest absolute Gasteiger partial charge is 0.322 e. The summed E-state index contributed by atoms with van der Waals surface area (Å²) in [5.41, 5.74) is 2.12. The van der Waals surface area contributed by atoms with Gasteiger partial charge in [-0.2, -0.15) is 5.10 Å². The van der Waals surface area contributed by atoms with Gasteiger partial charge in [-0.15, -0.1) is 0 Å². The Labute approximate surface area is 153 Å². The highest BCUT2D eigenvalue weighted by molar-refractivity contribution is 9.10. The van der Waals surface area contributed by atoms with Crippen molar-refractivity contribution in [1.29, 1.82) is 0 Å². The predicted molar refractivity (Wildman–Crippen MR) is 99.7 cm³/mol. The number of amides is 2. The Morgan fingerprint density at radius 3 is 2.24 bits per heavy atom. The minimum Gasteiger partial charge on any atom is -0.322 e. The molecule has 0 aliphatic rings. The highest BCUT2D eigenvalue weighted by Crippen LogP contribution is 2.16. The minimum atomic E-state index is -0.272. The highest BCUT2D eigenvalue weighted by atomic mass is 79.9. The van der Waals surface area contributed by atoms with Gasteiger partial charge < -0.3 is 10.6 Å². The van der Waals surface area contributed by atoms with Gasteiger partial charge >= 0.3 is 0 Å². The Kier molecular flexibility index (Phi) is 4.95. The average molecular weight is 399 g/mol. The number of hydrogen-bond donors (Lipinski definition) is 2. The number of aryl methyl sites for hydroxylation is 1. The third-order valence-electron chi connectivity index (χ3n) is 3.43. The van der Waals surface area contributed by atoms with Crippen LogP contribution in [0, 0.1) is 0 Å². The lowest BCUT2D eigenvalue weighted by molar-refractivity contribution is 0.101. The lowest BCUT2D eigenvalue weighted by Gasteiger charge is -2.08. The van der Waals surface area contributed by atoms with Gasteiger partial charge in [0.15, 0.2) is 0 Å². The van der Waals surface area contributed by atoms with Crippen molar-refractivity contribution in [3.05, 3.63) is 76.5 Å². The van der Waals surface area contributed by atoms with Crippen LogP contribution in [-0.4, -0.2) is 21.6 Å². The lowest BCUT2D eigenvalue weighted by Crippen LogP contribution is -2.14. The van der Waals surface area contributed by atoms with Crippen molar-refractivity contribution < 1.29 is 9.59 Å². The van der Waals surface area contributed by atoms with Crippen molar-refractivity contribution in [3.63, 3.8) is 0 Å². The van der Waals surface area contributed by atoms with Crippen molar-refractivity contribution in [2.24, 2.45) is 7.05 Å². The van der Waals surface area contributed by atoms with Crippen LogP contribution < -0.4 is 10.6 Å². The first-order valence-electron chi connectivity index (χ1n) is 7.48. The fourth-order valence-corrected chi connectivity index (χ4v) is 2.66. The van der Waals surface area contributed by atoms with Crippen molar-refractivity contribution >= 4 is 39.1 Å². The highest BCUT2D eigenvalue weighted by Gasteiger charge is 2.10. The average Bonchev–Trinajstić information content (AvgIpc) is 3.00. The van der Waals surface area contributed by atoms with E-state index in [-0.39, 0.29) is 11.8 Å². The van der Waals surface area contributed by atoms with E-state index in [1.807, 2.05) is 6.07 Å². The fourth-order valence-electron chi connectivity index (χ4n) is 2.26. The summed E-state index contributed by atoms with van der Waals surface area (Å²) in [5, 5.41) is 9.55. The number of nitrogens with zero attached hydrogens (tertiary/aromatic N) is 2. The third kappa shape index (κ3) is 4.33. The van der Waals surface area contributed by atoms with Crippen LogP contribution in [0.1, 0.15) is 20.7 Å². The molecule has 0 saturated heterocycles. The molecular formula is C18H15BrN4O2. The summed E-state index contributed by atoms with van der Waals surface area (Å²) in [7, 11) is 1.77. The SMILES string of the molecule is Cn1cc(NC(=O)c2cccc(NC(=O)c3cccc(Br)c3)c2)cn1. The van der Waals surface area contributed by atoms with Gasteiger partial charge in [-0.3, -0.25) is 14.3 Å². The van der Waals surface area contributed by atoms with Gasteiger partial charge in [-0.25, -0.2) is 0 Å². The van der Waals surface area contributed by atoms with Crippen LogP contribution >= 0.6 is 15.9 Å². The number of carbonyl (C=O) groups excluding carboxylic acids is 2. The maximum Gasteiger partial charge on any atom is 0.255 e. The van der Waals surface area contributed by atoms with Crippen LogP contribution in [0.3, 0.4) is 0 Å². The number of anilines is 2. The fraction of sp³-hybridized carbons (Fsp3) is 0.0556. The first-order valence-corrected chi connectivity index (χ1v) is 8.27. The Hall–Kier alpha value is -2.93. The van der Waals surface area contributed by atoms with Crippen LogP contribution in [0.4, 0.5) is 11.4 Å². The summed E-state index contributed by atoms with van der Waals surface area (Å²) in [5.74, 6) is -0.516. The second-order valence-electron chi connectivity index (χ2n) is 5.40. The molecule has 1 aromatic heterocycles. The van der Waals surface area contributed by atoms with Crippen LogP contribution in [0.25, 0.3) is 0 Å². The summed E-state index contributed by atoms with van der Waals surface area (Å²) < 4.78 is 2.43. The first kappa shape index (κ1) is 16.9. The molecule has 2 amide bonds. The minimum absolute atomic E-state index is 0.244. The van der Waals surface area contributed by atoms with Crippen molar-refractivity contribution in [2.45, 2.75) is 0 Å². The maximum atomic E-state index is 12.3. The number of carbonyl (C=O) groups is 2. The molecule has 0 saturated carbocycles. The number of aromatic nitrogens is 2. The summed E-state index contributed by atoms with van der Waals surface area (Å²) in [6, 6.07) is 13.8. The molecule has 126 valence electrons. The molecule has 2 aromatic carbocycles. The number of hydrogen-bond acceptors (Lipinski definition) is 3. The van der Waals surface area contributed by atoms with Crippen LogP contribution in [0.15, 0.2) is 65.4 Å². The Balaban J connectivity index is 1.72. The molecule has 3 rings (SSSR count). The molecule has 0 atom stereocenters. The van der Waals surface area contributed by atoms with E-state index in [1.165, 1.54) is 0 Å². The Morgan fingerprint density at radius 2 is 1.60 bits per heavy atom. The van der Waals surface area contributed by atoms with E-state index in [4.69, 9.17) is 0 Å². The van der Waals surface area contributed by atoms with Crippen LogP contribution in [-0.2, 0) is 7.05 Å². The molecule has 7 heteroatoms. The van der Waals surface area contributed by atoms with Gasteiger partial charge in [0.25, 0.3) is 11.8 Å². The zero-order chi connectivity index (χ0) is 17.8. The smallest absolute Gasteiger partial charge is 0.255 e. The van der Waals surface area contributed by atoms with Crippen molar-refractivity contribution in [2.75, 3.05) is 10.6 Å². The van der Waals surface area contributed by atoms with Crippen molar-refractivity contribution in [1.82, 2.24) is 9.78 Å². The Morgan fingerprint density at radius 1 is 0.960 bits per heavy atom. The van der Waals surface area contributed by atoms with Crippen LogP contribution in [0.5, 0.6) is 0 Å². The zero-order valence-electron chi connectivity index (χ0n) is 13.4. The van der Waals surface area contributed by atoms with Gasteiger partial charge in [-0.1, -0.05) is 28.1 Å². The molecule has 3 aromatic rings. The molecular weight excluding hydrogens is 384 g/mol. The quantitative estimate of drug-likeness (QED) is 0.703. The summed E-state index contributed by atoms with van der Waals surface area (Å²) in [6.45, 7) is 0. The molecule has 0 bridgehead atoms.